The number of hydrogen-bond donors (Lipinski definition) is 3. The Labute approximate surface area is 107 Å². The van der Waals surface area contributed by atoms with Gasteiger partial charge in [0.05, 0.1) is 24.2 Å². The summed E-state index contributed by atoms with van der Waals surface area (Å²) in [5.74, 6) is -0.659. The summed E-state index contributed by atoms with van der Waals surface area (Å²) in [6.07, 6.45) is 0. The minimum absolute atomic E-state index is 0.0129. The molecule has 1 aromatic carbocycles. The Morgan fingerprint density at radius 2 is 2.00 bits per heavy atom. The summed E-state index contributed by atoms with van der Waals surface area (Å²) in [4.78, 5) is 21.6. The number of carbonyl (C=O) groups is 1. The number of hydrogen-bond acceptors (Lipinski definition) is 5. The normalized spacial score (nSPS) is 10.4. The van der Waals surface area contributed by atoms with E-state index in [1.54, 1.807) is 0 Å². The number of nitro benzene ring substituents is 1. The van der Waals surface area contributed by atoms with Crippen molar-refractivity contribution in [1.29, 1.82) is 0 Å². The molecule has 0 saturated heterocycles. The molecule has 0 bridgehead atoms. The maximum absolute atomic E-state index is 11.7. The molecule has 0 radical (unpaired) electrons. The predicted molar refractivity (Wildman–Crippen MR) is 63.5 cm³/mol. The van der Waals surface area contributed by atoms with Crippen molar-refractivity contribution in [3.8, 4) is 0 Å². The number of halogens is 1. The quantitative estimate of drug-likeness (QED) is 0.529. The van der Waals surface area contributed by atoms with Gasteiger partial charge in [0.15, 0.2) is 0 Å². The lowest BCUT2D eigenvalue weighted by atomic mass is 10.1. The second-order valence-corrected chi connectivity index (χ2v) is 3.93. The van der Waals surface area contributed by atoms with Crippen molar-refractivity contribution < 1.29 is 19.9 Å². The highest BCUT2D eigenvalue weighted by Gasteiger charge is 2.16. The second-order valence-electron chi connectivity index (χ2n) is 3.49. The Hall–Kier alpha value is -1.70. The number of benzene rings is 1. The molecule has 7 nitrogen and oxygen atoms in total. The fraction of sp³-hybridized carbons (Fsp3) is 0.300. The molecule has 0 heterocycles. The zero-order valence-corrected chi connectivity index (χ0v) is 9.92. The van der Waals surface area contributed by atoms with Crippen LogP contribution in [-0.2, 0) is 0 Å². The minimum atomic E-state index is -0.824. The number of nitrogens with zero attached hydrogens (tertiary/aromatic N) is 1. The Morgan fingerprint density at radius 1 is 1.39 bits per heavy atom. The molecule has 0 fully saturated rings. The second kappa shape index (κ2) is 6.29. The monoisotopic (exact) mass is 274 g/mol. The van der Waals surface area contributed by atoms with Gasteiger partial charge >= 0.3 is 0 Å². The van der Waals surface area contributed by atoms with E-state index >= 15 is 0 Å². The van der Waals surface area contributed by atoms with Gasteiger partial charge in [0, 0.05) is 22.7 Å². The van der Waals surface area contributed by atoms with Crippen molar-refractivity contribution in [2.24, 2.45) is 0 Å². The van der Waals surface area contributed by atoms with Gasteiger partial charge in [-0.1, -0.05) is 11.6 Å². The molecule has 1 rings (SSSR count). The molecule has 3 N–H and O–H groups in total. The summed E-state index contributed by atoms with van der Waals surface area (Å²) in [5, 5.41) is 30.6. The smallest absolute Gasteiger partial charge is 0.271 e. The van der Waals surface area contributed by atoms with Crippen LogP contribution in [0.5, 0.6) is 0 Å². The number of non-ortho nitro benzene ring substituents is 1. The predicted octanol–water partition coefficient (Wildman–Crippen LogP) is 0.331. The first-order valence-electron chi connectivity index (χ1n) is 4.95. The van der Waals surface area contributed by atoms with E-state index < -0.39 is 30.1 Å². The molecular weight excluding hydrogens is 264 g/mol. The molecule has 1 amide bonds. The summed E-state index contributed by atoms with van der Waals surface area (Å²) in [6, 6.07) is 2.62. The van der Waals surface area contributed by atoms with Crippen molar-refractivity contribution in [2.75, 3.05) is 13.2 Å². The first-order valence-corrected chi connectivity index (χ1v) is 5.33. The Bertz CT molecular complexity index is 462. The lowest BCUT2D eigenvalue weighted by Crippen LogP contribution is -2.40. The van der Waals surface area contributed by atoms with E-state index in [1.165, 1.54) is 6.07 Å². The number of nitrogens with one attached hydrogen (secondary N) is 1. The third-order valence-electron chi connectivity index (χ3n) is 2.13. The van der Waals surface area contributed by atoms with Crippen molar-refractivity contribution in [2.45, 2.75) is 6.04 Å². The van der Waals surface area contributed by atoms with Gasteiger partial charge in [-0.2, -0.15) is 0 Å². The van der Waals surface area contributed by atoms with Gasteiger partial charge in [-0.3, -0.25) is 14.9 Å². The maximum Gasteiger partial charge on any atom is 0.271 e. The molecule has 98 valence electrons. The van der Waals surface area contributed by atoms with Crippen LogP contribution in [0.25, 0.3) is 0 Å². The number of amides is 1. The van der Waals surface area contributed by atoms with Crippen LogP contribution in [0, 0.1) is 10.1 Å². The molecule has 0 unspecified atom stereocenters. The number of aliphatic hydroxyl groups excluding tert-OH is 2. The van der Waals surface area contributed by atoms with Crippen LogP contribution in [0.4, 0.5) is 5.69 Å². The van der Waals surface area contributed by atoms with E-state index in [-0.39, 0.29) is 16.3 Å². The van der Waals surface area contributed by atoms with Crippen LogP contribution in [0.15, 0.2) is 18.2 Å². The molecule has 0 aromatic heterocycles. The van der Waals surface area contributed by atoms with Crippen molar-refractivity contribution >= 4 is 23.2 Å². The van der Waals surface area contributed by atoms with Crippen LogP contribution < -0.4 is 5.32 Å². The van der Waals surface area contributed by atoms with Crippen LogP contribution in [0.1, 0.15) is 10.4 Å². The fourth-order valence-electron chi connectivity index (χ4n) is 1.23. The first kappa shape index (κ1) is 14.4. The van der Waals surface area contributed by atoms with Crippen molar-refractivity contribution in [1.82, 2.24) is 5.32 Å². The van der Waals surface area contributed by atoms with Crippen molar-refractivity contribution in [3.05, 3.63) is 38.9 Å². The number of nitro groups is 1. The Kier molecular flexibility index (Phi) is 5.02. The third kappa shape index (κ3) is 3.66. The van der Waals surface area contributed by atoms with E-state index in [1.807, 2.05) is 0 Å². The largest absolute Gasteiger partial charge is 0.394 e. The zero-order chi connectivity index (χ0) is 13.7. The van der Waals surface area contributed by atoms with Crippen LogP contribution in [0.2, 0.25) is 5.02 Å². The topological polar surface area (TPSA) is 113 Å². The molecule has 0 atom stereocenters. The molecule has 8 heteroatoms. The molecule has 18 heavy (non-hydrogen) atoms. The lowest BCUT2D eigenvalue weighted by molar-refractivity contribution is -0.384. The van der Waals surface area contributed by atoms with Gasteiger partial charge in [0.2, 0.25) is 0 Å². The van der Waals surface area contributed by atoms with Gasteiger partial charge in [0.25, 0.3) is 11.6 Å². The molecule has 0 aliphatic heterocycles. The molecule has 0 saturated carbocycles. The fourth-order valence-corrected chi connectivity index (χ4v) is 1.46. The average molecular weight is 275 g/mol. The SMILES string of the molecule is O=C(NC(CO)CO)c1cc(Cl)cc([N+](=O)[O-])c1. The first-order chi connectivity index (χ1) is 8.47. The molecule has 0 aliphatic carbocycles. The number of rotatable bonds is 5. The Balaban J connectivity index is 2.95. The summed E-state index contributed by atoms with van der Waals surface area (Å²) in [7, 11) is 0. The van der Waals surface area contributed by atoms with E-state index in [9.17, 15) is 14.9 Å². The summed E-state index contributed by atoms with van der Waals surface area (Å²) >= 11 is 5.66. The highest BCUT2D eigenvalue weighted by molar-refractivity contribution is 6.31. The lowest BCUT2D eigenvalue weighted by Gasteiger charge is -2.13. The average Bonchev–Trinajstić information content (AvgIpc) is 2.34. The molecule has 0 spiro atoms. The highest BCUT2D eigenvalue weighted by Crippen LogP contribution is 2.20. The highest BCUT2D eigenvalue weighted by atomic mass is 35.5. The summed E-state index contributed by atoms with van der Waals surface area (Å²) in [5.41, 5.74) is -0.321. The van der Waals surface area contributed by atoms with Crippen LogP contribution in [0.3, 0.4) is 0 Å². The third-order valence-corrected chi connectivity index (χ3v) is 2.35. The zero-order valence-electron chi connectivity index (χ0n) is 9.17. The summed E-state index contributed by atoms with van der Waals surface area (Å²) in [6.45, 7) is -0.879. The maximum atomic E-state index is 11.7. The van der Waals surface area contributed by atoms with Gasteiger partial charge in [0.1, 0.15) is 0 Å². The van der Waals surface area contributed by atoms with Crippen molar-refractivity contribution in [3.63, 3.8) is 0 Å². The van der Waals surface area contributed by atoms with Gasteiger partial charge in [-0.05, 0) is 6.07 Å². The number of carbonyl (C=O) groups excluding carboxylic acids is 1. The van der Waals surface area contributed by atoms with E-state index in [2.05, 4.69) is 5.32 Å². The van der Waals surface area contributed by atoms with Crippen LogP contribution >= 0.6 is 11.6 Å². The van der Waals surface area contributed by atoms with E-state index in [0.29, 0.717) is 0 Å². The Morgan fingerprint density at radius 3 is 2.50 bits per heavy atom. The number of aliphatic hydroxyl groups is 2. The van der Waals surface area contributed by atoms with Gasteiger partial charge < -0.3 is 15.5 Å². The van der Waals surface area contributed by atoms with Gasteiger partial charge in [-0.25, -0.2) is 0 Å². The minimum Gasteiger partial charge on any atom is -0.394 e. The van der Waals surface area contributed by atoms with E-state index in [0.717, 1.165) is 12.1 Å². The standard InChI is InChI=1S/C10H11ClN2O5/c11-7-1-6(2-9(3-7)13(17)18)10(16)12-8(4-14)5-15/h1-3,8,14-15H,4-5H2,(H,12,16). The molecule has 0 aliphatic rings. The summed E-state index contributed by atoms with van der Waals surface area (Å²) < 4.78 is 0. The van der Waals surface area contributed by atoms with E-state index in [4.69, 9.17) is 21.8 Å². The molecule has 1 aromatic rings. The van der Waals surface area contributed by atoms with Crippen LogP contribution in [-0.4, -0.2) is 40.3 Å². The molecular formula is C10H11ClN2O5. The van der Waals surface area contributed by atoms with Gasteiger partial charge in [-0.15, -0.1) is 0 Å².